The standard InChI is InChI=1S/C26H19N5/c1-2-12-21(13-3-1)27-28-25-18-17-20-10-5-7-15-23(20)26(25)30-31-29-24-16-8-11-19-9-4-6-14-22(19)24/h1-18H,(H,29,30). The number of anilines is 1. The molecule has 0 aliphatic rings. The van der Waals surface area contributed by atoms with Gasteiger partial charge in [0.1, 0.15) is 11.4 Å². The molecular formula is C26H19N5. The molecule has 0 aliphatic heterocycles. The van der Waals surface area contributed by atoms with Crippen molar-refractivity contribution in [3.8, 4) is 0 Å². The lowest BCUT2D eigenvalue weighted by Crippen LogP contribution is -1.88. The molecule has 0 unspecified atom stereocenters. The van der Waals surface area contributed by atoms with E-state index in [0.717, 1.165) is 32.9 Å². The van der Waals surface area contributed by atoms with E-state index >= 15 is 0 Å². The second kappa shape index (κ2) is 8.55. The minimum absolute atomic E-state index is 0.658. The van der Waals surface area contributed by atoms with Crippen LogP contribution in [-0.2, 0) is 0 Å². The summed E-state index contributed by atoms with van der Waals surface area (Å²) in [6.45, 7) is 0. The Hall–Kier alpha value is -4.38. The Balaban J connectivity index is 1.52. The van der Waals surface area contributed by atoms with Crippen LogP contribution >= 0.6 is 0 Å². The Morgan fingerprint density at radius 3 is 2.00 bits per heavy atom. The summed E-state index contributed by atoms with van der Waals surface area (Å²) >= 11 is 0. The third-order valence-electron chi connectivity index (χ3n) is 5.02. The van der Waals surface area contributed by atoms with Gasteiger partial charge in [-0.05, 0) is 35.0 Å². The van der Waals surface area contributed by atoms with Gasteiger partial charge in [-0.1, -0.05) is 90.2 Å². The lowest BCUT2D eigenvalue weighted by Gasteiger charge is -2.06. The number of nitrogens with one attached hydrogen (secondary N) is 1. The Kier molecular flexibility index (Phi) is 5.14. The van der Waals surface area contributed by atoms with E-state index in [0.29, 0.717) is 11.4 Å². The Morgan fingerprint density at radius 1 is 0.484 bits per heavy atom. The number of azo groups is 1. The van der Waals surface area contributed by atoms with Crippen LogP contribution in [0.25, 0.3) is 21.5 Å². The molecule has 5 aromatic carbocycles. The number of hydrogen-bond acceptors (Lipinski definition) is 4. The van der Waals surface area contributed by atoms with Crippen molar-refractivity contribution in [2.45, 2.75) is 0 Å². The van der Waals surface area contributed by atoms with E-state index in [1.165, 1.54) is 0 Å². The number of fused-ring (bicyclic) bond motifs is 2. The molecule has 0 fully saturated rings. The summed E-state index contributed by atoms with van der Waals surface area (Å²) in [7, 11) is 0. The van der Waals surface area contributed by atoms with Crippen LogP contribution in [0.4, 0.5) is 22.7 Å². The third kappa shape index (κ3) is 4.02. The minimum Gasteiger partial charge on any atom is -0.259 e. The summed E-state index contributed by atoms with van der Waals surface area (Å²) in [5.74, 6) is 0. The predicted molar refractivity (Wildman–Crippen MR) is 127 cm³/mol. The first-order valence-corrected chi connectivity index (χ1v) is 10.0. The van der Waals surface area contributed by atoms with Crippen molar-refractivity contribution in [3.63, 3.8) is 0 Å². The van der Waals surface area contributed by atoms with Crippen LogP contribution in [-0.4, -0.2) is 0 Å². The second-order valence-corrected chi connectivity index (χ2v) is 7.03. The lowest BCUT2D eigenvalue weighted by molar-refractivity contribution is 1.13. The fourth-order valence-electron chi connectivity index (χ4n) is 3.49. The van der Waals surface area contributed by atoms with Gasteiger partial charge in [0.2, 0.25) is 0 Å². The largest absolute Gasteiger partial charge is 0.259 e. The highest BCUT2D eigenvalue weighted by atomic mass is 15.4. The zero-order chi connectivity index (χ0) is 20.9. The van der Waals surface area contributed by atoms with Gasteiger partial charge >= 0.3 is 0 Å². The first-order valence-electron chi connectivity index (χ1n) is 10.0. The average Bonchev–Trinajstić information content (AvgIpc) is 2.84. The molecule has 148 valence electrons. The van der Waals surface area contributed by atoms with Crippen molar-refractivity contribution in [1.82, 2.24) is 0 Å². The number of nitrogens with zero attached hydrogens (tertiary/aromatic N) is 4. The lowest BCUT2D eigenvalue weighted by atomic mass is 10.1. The Bertz CT molecular complexity index is 1400. The average molecular weight is 401 g/mol. The molecule has 0 spiro atoms. The molecule has 0 amide bonds. The van der Waals surface area contributed by atoms with Crippen molar-refractivity contribution >= 4 is 44.3 Å². The molecule has 5 heteroatoms. The van der Waals surface area contributed by atoms with Crippen molar-refractivity contribution in [2.75, 3.05) is 5.43 Å². The predicted octanol–water partition coefficient (Wildman–Crippen LogP) is 8.52. The number of hydrogen-bond donors (Lipinski definition) is 1. The topological polar surface area (TPSA) is 61.5 Å². The van der Waals surface area contributed by atoms with Crippen molar-refractivity contribution in [3.05, 3.63) is 109 Å². The van der Waals surface area contributed by atoms with Crippen LogP contribution in [0.3, 0.4) is 0 Å². The summed E-state index contributed by atoms with van der Waals surface area (Å²) in [6.07, 6.45) is 0. The summed E-state index contributed by atoms with van der Waals surface area (Å²) in [4.78, 5) is 0. The Labute approximate surface area is 179 Å². The third-order valence-corrected chi connectivity index (χ3v) is 5.02. The summed E-state index contributed by atoms with van der Waals surface area (Å²) in [6, 6.07) is 35.9. The number of benzene rings is 5. The smallest absolute Gasteiger partial charge is 0.123 e. The molecule has 0 heterocycles. The van der Waals surface area contributed by atoms with E-state index < -0.39 is 0 Å². The van der Waals surface area contributed by atoms with Crippen LogP contribution in [0, 0.1) is 0 Å². The molecule has 0 bridgehead atoms. The highest BCUT2D eigenvalue weighted by molar-refractivity contribution is 5.97. The van der Waals surface area contributed by atoms with E-state index in [1.54, 1.807) is 0 Å². The highest BCUT2D eigenvalue weighted by Crippen LogP contribution is 2.37. The van der Waals surface area contributed by atoms with Crippen molar-refractivity contribution in [1.29, 1.82) is 0 Å². The van der Waals surface area contributed by atoms with Crippen LogP contribution in [0.1, 0.15) is 0 Å². The summed E-state index contributed by atoms with van der Waals surface area (Å²) in [5, 5.41) is 21.9. The molecule has 0 saturated carbocycles. The van der Waals surface area contributed by atoms with Gasteiger partial charge in [0, 0.05) is 10.8 Å². The maximum atomic E-state index is 4.51. The maximum Gasteiger partial charge on any atom is 0.123 e. The normalized spacial score (nSPS) is 11.6. The van der Waals surface area contributed by atoms with Crippen LogP contribution in [0.2, 0.25) is 0 Å². The first kappa shape index (κ1) is 18.6. The quantitative estimate of drug-likeness (QED) is 0.233. The second-order valence-electron chi connectivity index (χ2n) is 7.03. The van der Waals surface area contributed by atoms with Crippen LogP contribution in [0.15, 0.2) is 130 Å². The van der Waals surface area contributed by atoms with Gasteiger partial charge in [-0.2, -0.15) is 5.11 Å². The molecule has 31 heavy (non-hydrogen) atoms. The van der Waals surface area contributed by atoms with Gasteiger partial charge in [-0.25, -0.2) is 0 Å². The fourth-order valence-corrected chi connectivity index (χ4v) is 3.49. The van der Waals surface area contributed by atoms with Crippen LogP contribution in [0.5, 0.6) is 0 Å². The maximum absolute atomic E-state index is 4.51. The fraction of sp³-hybridized carbons (Fsp3) is 0. The molecule has 0 saturated heterocycles. The van der Waals surface area contributed by atoms with Gasteiger partial charge in [0.05, 0.1) is 11.4 Å². The van der Waals surface area contributed by atoms with Gasteiger partial charge < -0.3 is 0 Å². The van der Waals surface area contributed by atoms with Gasteiger partial charge in [-0.15, -0.1) is 10.2 Å². The van der Waals surface area contributed by atoms with E-state index in [9.17, 15) is 0 Å². The zero-order valence-electron chi connectivity index (χ0n) is 16.7. The molecule has 1 N–H and O–H groups in total. The number of rotatable bonds is 5. The highest BCUT2D eigenvalue weighted by Gasteiger charge is 2.07. The minimum atomic E-state index is 0.658. The van der Waals surface area contributed by atoms with Gasteiger partial charge in [-0.3, -0.25) is 5.43 Å². The molecule has 0 atom stereocenters. The molecule has 5 nitrogen and oxygen atoms in total. The molecule has 0 aromatic heterocycles. The van der Waals surface area contributed by atoms with E-state index in [1.807, 2.05) is 91.0 Å². The van der Waals surface area contributed by atoms with E-state index in [2.05, 4.69) is 44.2 Å². The SMILES string of the molecule is c1ccc(N=Nc2ccc3ccccc3c2N=NNc2cccc3ccccc23)cc1. The molecule has 0 radical (unpaired) electrons. The summed E-state index contributed by atoms with van der Waals surface area (Å²) < 4.78 is 0. The van der Waals surface area contributed by atoms with Crippen molar-refractivity contribution < 1.29 is 0 Å². The molecule has 5 aromatic rings. The zero-order valence-corrected chi connectivity index (χ0v) is 16.7. The van der Waals surface area contributed by atoms with Crippen LogP contribution < -0.4 is 5.43 Å². The molecule has 5 rings (SSSR count). The van der Waals surface area contributed by atoms with E-state index in [4.69, 9.17) is 0 Å². The monoisotopic (exact) mass is 401 g/mol. The van der Waals surface area contributed by atoms with E-state index in [-0.39, 0.29) is 0 Å². The summed E-state index contributed by atoms with van der Waals surface area (Å²) in [5.41, 5.74) is 6.10. The van der Waals surface area contributed by atoms with Crippen molar-refractivity contribution in [2.24, 2.45) is 20.6 Å². The Morgan fingerprint density at radius 2 is 1.16 bits per heavy atom. The molecular weight excluding hydrogens is 382 g/mol. The first-order chi connectivity index (χ1) is 15.4. The van der Waals surface area contributed by atoms with Gasteiger partial charge in [0.15, 0.2) is 0 Å². The van der Waals surface area contributed by atoms with Gasteiger partial charge in [0.25, 0.3) is 0 Å². The molecule has 0 aliphatic carbocycles.